The van der Waals surface area contributed by atoms with Crippen LogP contribution in [0.2, 0.25) is 0 Å². The number of hydrogen-bond acceptors (Lipinski definition) is 5. The number of hydrazone groups is 1. The van der Waals surface area contributed by atoms with Gasteiger partial charge in [-0.1, -0.05) is 12.8 Å². The van der Waals surface area contributed by atoms with Crippen LogP contribution in [0.3, 0.4) is 0 Å². The number of hydrogen-bond donors (Lipinski definition) is 1. The molecule has 6 heteroatoms. The monoisotopic (exact) mass is 319 g/mol. The highest BCUT2D eigenvalue weighted by Crippen LogP contribution is 2.22. The number of methoxy groups -OCH3 is 2. The molecule has 1 aliphatic rings. The third-order valence-corrected chi connectivity index (χ3v) is 3.90. The van der Waals surface area contributed by atoms with Gasteiger partial charge >= 0.3 is 0 Å². The van der Waals surface area contributed by atoms with Gasteiger partial charge in [0.15, 0.2) is 0 Å². The first kappa shape index (κ1) is 17.3. The van der Waals surface area contributed by atoms with E-state index in [-0.39, 0.29) is 5.91 Å². The molecule has 0 saturated carbocycles. The van der Waals surface area contributed by atoms with Crippen LogP contribution in [0.5, 0.6) is 11.5 Å². The Morgan fingerprint density at radius 3 is 2.61 bits per heavy atom. The largest absolute Gasteiger partial charge is 0.497 e. The Kier molecular flexibility index (Phi) is 6.87. The maximum Gasteiger partial charge on any atom is 0.254 e. The number of ether oxygens (including phenoxy) is 2. The van der Waals surface area contributed by atoms with Gasteiger partial charge in [0, 0.05) is 5.56 Å². The highest BCUT2D eigenvalue weighted by molar-refractivity contribution is 5.86. The summed E-state index contributed by atoms with van der Waals surface area (Å²) in [6.07, 6.45) is 6.41. The summed E-state index contributed by atoms with van der Waals surface area (Å²) in [4.78, 5) is 14.2. The number of rotatable bonds is 6. The van der Waals surface area contributed by atoms with E-state index in [1.165, 1.54) is 12.8 Å². The number of nitrogens with one attached hydrogen (secondary N) is 1. The van der Waals surface area contributed by atoms with Crippen molar-refractivity contribution in [3.8, 4) is 11.5 Å². The molecule has 0 aromatic heterocycles. The van der Waals surface area contributed by atoms with Gasteiger partial charge in [-0.2, -0.15) is 5.10 Å². The molecule has 0 spiro atoms. The predicted molar refractivity (Wildman–Crippen MR) is 90.2 cm³/mol. The number of likely N-dealkylation sites (tertiary alicyclic amines) is 1. The molecule has 1 fully saturated rings. The first-order valence-corrected chi connectivity index (χ1v) is 7.99. The molecular weight excluding hydrogens is 294 g/mol. The van der Waals surface area contributed by atoms with E-state index in [1.807, 2.05) is 12.1 Å². The van der Waals surface area contributed by atoms with Gasteiger partial charge in [-0.3, -0.25) is 9.69 Å². The number of amides is 1. The smallest absolute Gasteiger partial charge is 0.254 e. The van der Waals surface area contributed by atoms with E-state index in [4.69, 9.17) is 9.47 Å². The fraction of sp³-hybridized carbons (Fsp3) is 0.529. The Hall–Kier alpha value is -2.08. The highest BCUT2D eigenvalue weighted by atomic mass is 16.5. The molecule has 2 rings (SSSR count). The van der Waals surface area contributed by atoms with Crippen LogP contribution in [0.1, 0.15) is 31.2 Å². The van der Waals surface area contributed by atoms with Crippen molar-refractivity contribution in [1.82, 2.24) is 10.3 Å². The van der Waals surface area contributed by atoms with Gasteiger partial charge in [-0.05, 0) is 44.1 Å². The summed E-state index contributed by atoms with van der Waals surface area (Å²) in [5.41, 5.74) is 3.33. The average molecular weight is 319 g/mol. The molecule has 0 bridgehead atoms. The fourth-order valence-electron chi connectivity index (χ4n) is 2.65. The van der Waals surface area contributed by atoms with E-state index in [1.54, 1.807) is 26.5 Å². The van der Waals surface area contributed by atoms with Crippen LogP contribution in [0.15, 0.2) is 23.3 Å². The third kappa shape index (κ3) is 5.56. The number of benzene rings is 1. The summed E-state index contributed by atoms with van der Waals surface area (Å²) in [5, 5.41) is 4.03. The lowest BCUT2D eigenvalue weighted by molar-refractivity contribution is -0.122. The van der Waals surface area contributed by atoms with Crippen molar-refractivity contribution in [2.45, 2.75) is 25.7 Å². The summed E-state index contributed by atoms with van der Waals surface area (Å²) in [7, 11) is 3.20. The molecule has 0 radical (unpaired) electrons. The second kappa shape index (κ2) is 9.15. The van der Waals surface area contributed by atoms with Crippen molar-refractivity contribution in [2.75, 3.05) is 33.9 Å². The topological polar surface area (TPSA) is 63.2 Å². The minimum absolute atomic E-state index is 0.0926. The summed E-state index contributed by atoms with van der Waals surface area (Å²) in [6.45, 7) is 2.37. The van der Waals surface area contributed by atoms with Crippen LogP contribution in [0.25, 0.3) is 0 Å². The zero-order valence-electron chi connectivity index (χ0n) is 13.9. The molecule has 1 N–H and O–H groups in total. The predicted octanol–water partition coefficient (Wildman–Crippen LogP) is 2.03. The van der Waals surface area contributed by atoms with Gasteiger partial charge in [-0.25, -0.2) is 5.43 Å². The molecule has 0 atom stereocenters. The molecule has 0 aliphatic carbocycles. The molecule has 1 aromatic rings. The average Bonchev–Trinajstić information content (AvgIpc) is 2.83. The van der Waals surface area contributed by atoms with Gasteiger partial charge in [0.2, 0.25) is 0 Å². The van der Waals surface area contributed by atoms with Gasteiger partial charge in [0.25, 0.3) is 5.91 Å². The molecule has 6 nitrogen and oxygen atoms in total. The lowest BCUT2D eigenvalue weighted by Crippen LogP contribution is -2.35. The first-order valence-electron chi connectivity index (χ1n) is 7.99. The molecule has 0 unspecified atom stereocenters. The van der Waals surface area contributed by atoms with Crippen molar-refractivity contribution in [3.63, 3.8) is 0 Å². The zero-order valence-corrected chi connectivity index (χ0v) is 13.9. The Morgan fingerprint density at radius 1 is 1.22 bits per heavy atom. The quantitative estimate of drug-likeness (QED) is 0.644. The lowest BCUT2D eigenvalue weighted by Gasteiger charge is -2.17. The summed E-state index contributed by atoms with van der Waals surface area (Å²) in [5.74, 6) is 1.30. The summed E-state index contributed by atoms with van der Waals surface area (Å²) < 4.78 is 10.5. The minimum atomic E-state index is -0.0926. The molecule has 1 aromatic carbocycles. The molecule has 1 aliphatic heterocycles. The van der Waals surface area contributed by atoms with E-state index in [0.29, 0.717) is 18.0 Å². The van der Waals surface area contributed by atoms with Gasteiger partial charge in [-0.15, -0.1) is 0 Å². The van der Waals surface area contributed by atoms with Crippen LogP contribution in [0.4, 0.5) is 0 Å². The molecule has 1 saturated heterocycles. The normalized spacial score (nSPS) is 16.1. The second-order valence-corrected chi connectivity index (χ2v) is 5.59. The Balaban J connectivity index is 1.89. The number of carbonyl (C=O) groups is 1. The third-order valence-electron chi connectivity index (χ3n) is 3.90. The van der Waals surface area contributed by atoms with Gasteiger partial charge < -0.3 is 9.47 Å². The second-order valence-electron chi connectivity index (χ2n) is 5.59. The van der Waals surface area contributed by atoms with Crippen molar-refractivity contribution in [2.24, 2.45) is 5.10 Å². The van der Waals surface area contributed by atoms with Crippen LogP contribution < -0.4 is 14.9 Å². The molecule has 23 heavy (non-hydrogen) atoms. The molecule has 126 valence electrons. The van der Waals surface area contributed by atoms with Crippen LogP contribution in [-0.4, -0.2) is 50.9 Å². The summed E-state index contributed by atoms with van der Waals surface area (Å²) >= 11 is 0. The van der Waals surface area contributed by atoms with Crippen molar-refractivity contribution in [3.05, 3.63) is 23.8 Å². The van der Waals surface area contributed by atoms with E-state index in [9.17, 15) is 4.79 Å². The van der Waals surface area contributed by atoms with E-state index < -0.39 is 0 Å². The van der Waals surface area contributed by atoms with Crippen LogP contribution in [0, 0.1) is 0 Å². The Labute approximate surface area is 137 Å². The van der Waals surface area contributed by atoms with Crippen molar-refractivity contribution in [1.29, 1.82) is 0 Å². The molecule has 1 amide bonds. The lowest BCUT2D eigenvalue weighted by atomic mass is 10.2. The fourth-order valence-corrected chi connectivity index (χ4v) is 2.65. The SMILES string of the molecule is COc1ccc(OC)c(C=NNC(=O)CN2CCCCCC2)c1. The van der Waals surface area contributed by atoms with Gasteiger partial charge in [0.1, 0.15) is 11.5 Å². The standard InChI is InChI=1S/C17H25N3O3/c1-22-15-7-8-16(23-2)14(11-15)12-18-19-17(21)13-20-9-5-3-4-6-10-20/h7-8,11-12H,3-6,9-10,13H2,1-2H3,(H,19,21). The van der Waals surface area contributed by atoms with E-state index >= 15 is 0 Å². The number of carbonyl (C=O) groups excluding carboxylic acids is 1. The minimum Gasteiger partial charge on any atom is -0.497 e. The Morgan fingerprint density at radius 2 is 1.96 bits per heavy atom. The maximum absolute atomic E-state index is 12.0. The maximum atomic E-state index is 12.0. The van der Waals surface area contributed by atoms with Crippen molar-refractivity contribution >= 4 is 12.1 Å². The highest BCUT2D eigenvalue weighted by Gasteiger charge is 2.12. The van der Waals surface area contributed by atoms with Crippen LogP contribution in [-0.2, 0) is 4.79 Å². The van der Waals surface area contributed by atoms with E-state index in [2.05, 4.69) is 15.4 Å². The molecular formula is C17H25N3O3. The number of nitrogens with zero attached hydrogens (tertiary/aromatic N) is 2. The first-order chi connectivity index (χ1) is 11.2. The zero-order chi connectivity index (χ0) is 16.5. The van der Waals surface area contributed by atoms with Crippen LogP contribution >= 0.6 is 0 Å². The van der Waals surface area contributed by atoms with E-state index in [0.717, 1.165) is 31.5 Å². The van der Waals surface area contributed by atoms with Crippen molar-refractivity contribution < 1.29 is 14.3 Å². The Bertz CT molecular complexity index is 538. The molecule has 1 heterocycles. The van der Waals surface area contributed by atoms with Gasteiger partial charge in [0.05, 0.1) is 27.0 Å². The summed E-state index contributed by atoms with van der Waals surface area (Å²) in [6, 6.07) is 5.43.